The molecule has 1 fully saturated rings. The second-order valence-electron chi connectivity index (χ2n) is 5.09. The van der Waals surface area contributed by atoms with Crippen LogP contribution in [0.25, 0.3) is 0 Å². The molecule has 112 valence electrons. The first-order chi connectivity index (χ1) is 9.42. The minimum absolute atomic E-state index is 0.207. The van der Waals surface area contributed by atoms with Gasteiger partial charge in [0.25, 0.3) is 0 Å². The molecule has 1 aromatic carbocycles. The summed E-state index contributed by atoms with van der Waals surface area (Å²) >= 11 is 3.28. The van der Waals surface area contributed by atoms with Crippen LogP contribution < -0.4 is 15.2 Å². The lowest BCUT2D eigenvalue weighted by Gasteiger charge is -2.28. The average molecular weight is 363 g/mol. The summed E-state index contributed by atoms with van der Waals surface area (Å²) in [4.78, 5) is 0.207. The molecule has 5 nitrogen and oxygen atoms in total. The molecule has 3 N–H and O–H groups in total. The van der Waals surface area contributed by atoms with E-state index < -0.39 is 15.6 Å². The highest BCUT2D eigenvalue weighted by Gasteiger charge is 2.37. The highest BCUT2D eigenvalue weighted by molar-refractivity contribution is 9.10. The molecule has 0 amide bonds. The van der Waals surface area contributed by atoms with Gasteiger partial charge in [-0.25, -0.2) is 13.1 Å². The first-order valence-corrected chi connectivity index (χ1v) is 8.78. The van der Waals surface area contributed by atoms with Crippen LogP contribution in [0.4, 0.5) is 0 Å². The summed E-state index contributed by atoms with van der Waals surface area (Å²) in [7, 11) is -2.06. The lowest BCUT2D eigenvalue weighted by molar-refractivity contribution is 0.399. The minimum Gasteiger partial charge on any atom is -0.497 e. The summed E-state index contributed by atoms with van der Waals surface area (Å²) in [5.41, 5.74) is 5.28. The number of halogens is 1. The summed E-state index contributed by atoms with van der Waals surface area (Å²) in [6.45, 7) is 0.319. The van der Waals surface area contributed by atoms with E-state index in [1.165, 1.54) is 13.2 Å². The Hall–Kier alpha value is -0.630. The standard InChI is InChI=1S/C13H19BrN2O3S/c1-19-10-4-5-12(11(14)8-10)20(17,18)16-13(9-15)6-2-3-7-13/h4-5,8,16H,2-3,6-7,9,15H2,1H3. The molecule has 2 rings (SSSR count). The van der Waals surface area contributed by atoms with Crippen molar-refractivity contribution in [1.29, 1.82) is 0 Å². The van der Waals surface area contributed by atoms with Crippen molar-refractivity contribution in [2.75, 3.05) is 13.7 Å². The number of nitrogens with two attached hydrogens (primary N) is 1. The number of hydrogen-bond donors (Lipinski definition) is 2. The number of benzene rings is 1. The third kappa shape index (κ3) is 3.16. The fraction of sp³-hybridized carbons (Fsp3) is 0.538. The Bertz CT molecular complexity index is 583. The summed E-state index contributed by atoms with van der Waals surface area (Å²) in [6.07, 6.45) is 3.58. The van der Waals surface area contributed by atoms with Crippen molar-refractivity contribution in [3.05, 3.63) is 22.7 Å². The molecule has 0 heterocycles. The van der Waals surface area contributed by atoms with Gasteiger partial charge in [-0.05, 0) is 47.0 Å². The quantitative estimate of drug-likeness (QED) is 0.839. The predicted molar refractivity (Wildman–Crippen MR) is 81.3 cm³/mol. The number of ether oxygens (including phenoxy) is 1. The Morgan fingerprint density at radius 1 is 1.40 bits per heavy atom. The van der Waals surface area contributed by atoms with E-state index in [4.69, 9.17) is 10.5 Å². The molecule has 0 atom stereocenters. The molecule has 0 radical (unpaired) electrons. The van der Waals surface area contributed by atoms with Gasteiger partial charge >= 0.3 is 0 Å². The van der Waals surface area contributed by atoms with Gasteiger partial charge in [-0.2, -0.15) is 0 Å². The fourth-order valence-electron chi connectivity index (χ4n) is 2.57. The Kier molecular flexibility index (Phi) is 4.73. The van der Waals surface area contributed by atoms with Crippen molar-refractivity contribution in [3.63, 3.8) is 0 Å². The van der Waals surface area contributed by atoms with E-state index in [1.54, 1.807) is 12.1 Å². The Balaban J connectivity index is 2.31. The molecular weight excluding hydrogens is 344 g/mol. The Labute approximate surface area is 128 Å². The largest absolute Gasteiger partial charge is 0.497 e. The van der Waals surface area contributed by atoms with Crippen LogP contribution in [0.1, 0.15) is 25.7 Å². The van der Waals surface area contributed by atoms with Gasteiger partial charge < -0.3 is 10.5 Å². The minimum atomic E-state index is -3.60. The molecule has 20 heavy (non-hydrogen) atoms. The van der Waals surface area contributed by atoms with E-state index >= 15 is 0 Å². The highest BCUT2D eigenvalue weighted by atomic mass is 79.9. The highest BCUT2D eigenvalue weighted by Crippen LogP contribution is 2.32. The third-order valence-electron chi connectivity index (χ3n) is 3.73. The lowest BCUT2D eigenvalue weighted by atomic mass is 10.0. The zero-order chi connectivity index (χ0) is 14.8. The van der Waals surface area contributed by atoms with Crippen molar-refractivity contribution >= 4 is 26.0 Å². The molecule has 1 aromatic rings. The molecule has 7 heteroatoms. The predicted octanol–water partition coefficient (Wildman–Crippen LogP) is 2.01. The number of hydrogen-bond acceptors (Lipinski definition) is 4. The number of sulfonamides is 1. The second-order valence-corrected chi connectivity index (χ2v) is 7.60. The van der Waals surface area contributed by atoms with Crippen LogP contribution in [0.15, 0.2) is 27.6 Å². The monoisotopic (exact) mass is 362 g/mol. The van der Waals surface area contributed by atoms with Gasteiger partial charge in [-0.3, -0.25) is 0 Å². The average Bonchev–Trinajstić information content (AvgIpc) is 2.86. The topological polar surface area (TPSA) is 81.4 Å². The molecule has 0 aliphatic heterocycles. The second kappa shape index (κ2) is 6.01. The maximum atomic E-state index is 12.5. The molecule has 0 bridgehead atoms. The maximum Gasteiger partial charge on any atom is 0.242 e. The van der Waals surface area contributed by atoms with E-state index in [1.807, 2.05) is 0 Å². The SMILES string of the molecule is COc1ccc(S(=O)(=O)NC2(CN)CCCC2)c(Br)c1. The molecule has 1 saturated carbocycles. The summed E-state index contributed by atoms with van der Waals surface area (Å²) in [5.74, 6) is 0.602. The van der Waals surface area contributed by atoms with E-state index in [2.05, 4.69) is 20.7 Å². The molecular formula is C13H19BrN2O3S. The van der Waals surface area contributed by atoms with Crippen LogP contribution in [0, 0.1) is 0 Å². The number of nitrogens with one attached hydrogen (secondary N) is 1. The van der Waals surface area contributed by atoms with Gasteiger partial charge in [-0.1, -0.05) is 12.8 Å². The van der Waals surface area contributed by atoms with Gasteiger partial charge in [0.15, 0.2) is 0 Å². The molecule has 0 saturated heterocycles. The molecule has 1 aliphatic rings. The van der Waals surface area contributed by atoms with Crippen LogP contribution in [0.2, 0.25) is 0 Å². The first kappa shape index (κ1) is 15.8. The molecule has 0 spiro atoms. The zero-order valence-electron chi connectivity index (χ0n) is 11.4. The van der Waals surface area contributed by atoms with Crippen LogP contribution in [0.3, 0.4) is 0 Å². The molecule has 0 aromatic heterocycles. The first-order valence-electron chi connectivity index (χ1n) is 6.50. The Morgan fingerprint density at radius 3 is 2.55 bits per heavy atom. The van der Waals surface area contributed by atoms with E-state index in [-0.39, 0.29) is 4.90 Å². The van der Waals surface area contributed by atoms with Crippen molar-refractivity contribution in [3.8, 4) is 5.75 Å². The smallest absolute Gasteiger partial charge is 0.242 e. The van der Waals surface area contributed by atoms with Crippen molar-refractivity contribution in [2.24, 2.45) is 5.73 Å². The van der Waals surface area contributed by atoms with E-state index in [0.717, 1.165) is 25.7 Å². The summed E-state index contributed by atoms with van der Waals surface area (Å²) in [5, 5.41) is 0. The normalized spacial score (nSPS) is 18.1. The van der Waals surface area contributed by atoms with Crippen LogP contribution in [-0.2, 0) is 10.0 Å². The maximum absolute atomic E-state index is 12.5. The Morgan fingerprint density at radius 2 is 2.05 bits per heavy atom. The number of rotatable bonds is 5. The van der Waals surface area contributed by atoms with Crippen molar-refractivity contribution in [1.82, 2.24) is 4.72 Å². The summed E-state index contributed by atoms with van der Waals surface area (Å²) in [6, 6.07) is 4.80. The zero-order valence-corrected chi connectivity index (χ0v) is 13.8. The van der Waals surface area contributed by atoms with E-state index in [0.29, 0.717) is 16.8 Å². The van der Waals surface area contributed by atoms with Crippen LogP contribution in [-0.4, -0.2) is 27.6 Å². The fourth-order valence-corrected chi connectivity index (χ4v) is 5.09. The number of methoxy groups -OCH3 is 1. The van der Waals surface area contributed by atoms with E-state index in [9.17, 15) is 8.42 Å². The summed E-state index contributed by atoms with van der Waals surface area (Å²) < 4.78 is 33.4. The van der Waals surface area contributed by atoms with Gasteiger partial charge in [0.1, 0.15) is 5.75 Å². The van der Waals surface area contributed by atoms with Crippen molar-refractivity contribution < 1.29 is 13.2 Å². The van der Waals surface area contributed by atoms with Crippen LogP contribution >= 0.6 is 15.9 Å². The van der Waals surface area contributed by atoms with Crippen LogP contribution in [0.5, 0.6) is 5.75 Å². The third-order valence-corrected chi connectivity index (χ3v) is 6.29. The van der Waals surface area contributed by atoms with Gasteiger partial charge in [0.05, 0.1) is 12.0 Å². The lowest BCUT2D eigenvalue weighted by Crippen LogP contribution is -2.51. The van der Waals surface area contributed by atoms with Gasteiger partial charge in [0, 0.05) is 16.6 Å². The van der Waals surface area contributed by atoms with Gasteiger partial charge in [0.2, 0.25) is 10.0 Å². The molecule has 0 unspecified atom stereocenters. The van der Waals surface area contributed by atoms with Gasteiger partial charge in [-0.15, -0.1) is 0 Å². The van der Waals surface area contributed by atoms with Crippen molar-refractivity contribution in [2.45, 2.75) is 36.1 Å². The molecule has 1 aliphatic carbocycles.